The first kappa shape index (κ1) is 16.3. The molecule has 1 amide bonds. The van der Waals surface area contributed by atoms with Crippen LogP contribution < -0.4 is 14.9 Å². The maximum atomic E-state index is 12.7. The summed E-state index contributed by atoms with van der Waals surface area (Å²) in [7, 11) is 1.44. The number of carbonyl (C=O) groups is 1. The molecule has 0 aliphatic heterocycles. The summed E-state index contributed by atoms with van der Waals surface area (Å²) in [5, 5.41) is 13.6. The van der Waals surface area contributed by atoms with Gasteiger partial charge >= 0.3 is 0 Å². The van der Waals surface area contributed by atoms with Crippen LogP contribution in [0.2, 0.25) is 0 Å². The van der Waals surface area contributed by atoms with Gasteiger partial charge in [-0.05, 0) is 36.4 Å². The van der Waals surface area contributed by atoms with Crippen LogP contribution in [-0.2, 0) is 4.79 Å². The van der Waals surface area contributed by atoms with E-state index in [4.69, 9.17) is 9.47 Å². The maximum absolute atomic E-state index is 12.7. The lowest BCUT2D eigenvalue weighted by atomic mass is 10.2. The number of carbonyl (C=O) groups excluding carboxylic acids is 1. The number of hydrogen-bond acceptors (Lipinski definition) is 5. The number of para-hydroxylation sites is 1. The molecule has 0 heterocycles. The minimum atomic E-state index is -0.493. The molecule has 0 aliphatic rings. The molecular formula is C16H15FN2O4. The van der Waals surface area contributed by atoms with Gasteiger partial charge in [-0.3, -0.25) is 4.79 Å². The van der Waals surface area contributed by atoms with Crippen LogP contribution in [0.1, 0.15) is 5.56 Å². The fourth-order valence-electron chi connectivity index (χ4n) is 1.69. The van der Waals surface area contributed by atoms with Gasteiger partial charge in [0.15, 0.2) is 18.1 Å². The molecular weight excluding hydrogens is 303 g/mol. The zero-order valence-corrected chi connectivity index (χ0v) is 12.3. The molecule has 23 heavy (non-hydrogen) atoms. The molecule has 0 fully saturated rings. The highest BCUT2D eigenvalue weighted by molar-refractivity contribution is 5.86. The number of hydrogen-bond donors (Lipinski definition) is 2. The number of aromatic hydroxyl groups is 1. The summed E-state index contributed by atoms with van der Waals surface area (Å²) in [4.78, 5) is 11.6. The first-order chi connectivity index (χ1) is 11.1. The number of phenols is 1. The van der Waals surface area contributed by atoms with Crippen LogP contribution in [-0.4, -0.2) is 30.9 Å². The maximum Gasteiger partial charge on any atom is 0.277 e. The number of amides is 1. The highest BCUT2D eigenvalue weighted by Gasteiger charge is 2.05. The molecule has 0 aliphatic carbocycles. The van der Waals surface area contributed by atoms with E-state index in [0.717, 1.165) is 0 Å². The van der Waals surface area contributed by atoms with Gasteiger partial charge in [-0.1, -0.05) is 6.07 Å². The van der Waals surface area contributed by atoms with Crippen molar-refractivity contribution in [1.82, 2.24) is 5.43 Å². The molecule has 0 unspecified atom stereocenters. The fraction of sp³-hybridized carbons (Fsp3) is 0.125. The zero-order valence-electron chi connectivity index (χ0n) is 12.3. The van der Waals surface area contributed by atoms with Gasteiger partial charge in [0.2, 0.25) is 0 Å². The third kappa shape index (κ3) is 4.70. The molecule has 0 spiro atoms. The number of rotatable bonds is 6. The summed E-state index contributed by atoms with van der Waals surface area (Å²) < 4.78 is 22.8. The fourth-order valence-corrected chi connectivity index (χ4v) is 1.69. The van der Waals surface area contributed by atoms with Crippen molar-refractivity contribution in [2.45, 2.75) is 0 Å². The molecule has 2 aromatic carbocycles. The van der Waals surface area contributed by atoms with Gasteiger partial charge in [-0.25, -0.2) is 9.82 Å². The number of nitrogens with zero attached hydrogens (tertiary/aromatic N) is 1. The van der Waals surface area contributed by atoms with E-state index >= 15 is 0 Å². The molecule has 2 aromatic rings. The molecule has 0 radical (unpaired) electrons. The minimum Gasteiger partial charge on any atom is -0.504 e. The van der Waals surface area contributed by atoms with Crippen molar-refractivity contribution in [3.05, 3.63) is 53.8 Å². The van der Waals surface area contributed by atoms with Crippen molar-refractivity contribution in [2.24, 2.45) is 5.10 Å². The zero-order chi connectivity index (χ0) is 16.7. The van der Waals surface area contributed by atoms with Gasteiger partial charge in [-0.2, -0.15) is 5.10 Å². The molecule has 2 rings (SSSR count). The van der Waals surface area contributed by atoms with Gasteiger partial charge in [0.1, 0.15) is 11.6 Å². The van der Waals surface area contributed by atoms with Crippen LogP contribution in [0.4, 0.5) is 4.39 Å². The number of hydrazone groups is 1. The van der Waals surface area contributed by atoms with Crippen LogP contribution in [0, 0.1) is 5.82 Å². The topological polar surface area (TPSA) is 80.2 Å². The van der Waals surface area contributed by atoms with Crippen LogP contribution in [0.15, 0.2) is 47.6 Å². The van der Waals surface area contributed by atoms with Crippen LogP contribution in [0.25, 0.3) is 0 Å². The van der Waals surface area contributed by atoms with E-state index in [2.05, 4.69) is 10.5 Å². The first-order valence-electron chi connectivity index (χ1n) is 6.66. The Morgan fingerprint density at radius 3 is 2.74 bits per heavy atom. The molecule has 0 bridgehead atoms. The second kappa shape index (κ2) is 7.79. The standard InChI is InChI=1S/C16H15FN2O4/c1-22-14-4-2-3-11(16(14)21)9-18-19-15(20)10-23-13-7-5-12(17)6-8-13/h2-9,21H,10H2,1H3,(H,19,20)/b18-9-. The number of benzene rings is 2. The van der Waals surface area contributed by atoms with E-state index in [9.17, 15) is 14.3 Å². The number of phenolic OH excluding ortho intramolecular Hbond substituents is 1. The SMILES string of the molecule is COc1cccc(/C=N\NC(=O)COc2ccc(F)cc2)c1O. The summed E-state index contributed by atoms with van der Waals surface area (Å²) in [6.45, 7) is -0.271. The smallest absolute Gasteiger partial charge is 0.277 e. The second-order valence-corrected chi connectivity index (χ2v) is 4.43. The van der Waals surface area contributed by atoms with Gasteiger partial charge < -0.3 is 14.6 Å². The minimum absolute atomic E-state index is 0.0736. The third-order valence-electron chi connectivity index (χ3n) is 2.83. The summed E-state index contributed by atoms with van der Waals surface area (Å²) in [6.07, 6.45) is 1.29. The van der Waals surface area contributed by atoms with Gasteiger partial charge in [-0.15, -0.1) is 0 Å². The van der Waals surface area contributed by atoms with Crippen molar-refractivity contribution in [1.29, 1.82) is 0 Å². The number of nitrogens with one attached hydrogen (secondary N) is 1. The lowest BCUT2D eigenvalue weighted by Crippen LogP contribution is -2.24. The normalized spacial score (nSPS) is 10.5. The quantitative estimate of drug-likeness (QED) is 0.631. The predicted octanol–water partition coefficient (Wildman–Crippen LogP) is 2.07. The lowest BCUT2D eigenvalue weighted by molar-refractivity contribution is -0.123. The Balaban J connectivity index is 1.85. The molecule has 0 saturated carbocycles. The second-order valence-electron chi connectivity index (χ2n) is 4.43. The van der Waals surface area contributed by atoms with Crippen LogP contribution in [0.5, 0.6) is 17.2 Å². The highest BCUT2D eigenvalue weighted by Crippen LogP contribution is 2.27. The lowest BCUT2D eigenvalue weighted by Gasteiger charge is -2.06. The van der Waals surface area contributed by atoms with E-state index in [0.29, 0.717) is 17.1 Å². The summed E-state index contributed by atoms with van der Waals surface area (Å²) >= 11 is 0. The molecule has 0 saturated heterocycles. The van der Waals surface area contributed by atoms with E-state index < -0.39 is 5.91 Å². The molecule has 2 N–H and O–H groups in total. The van der Waals surface area contributed by atoms with Crippen molar-refractivity contribution >= 4 is 12.1 Å². The van der Waals surface area contributed by atoms with E-state index in [1.807, 2.05) is 0 Å². The van der Waals surface area contributed by atoms with Crippen molar-refractivity contribution < 1.29 is 23.8 Å². The summed E-state index contributed by atoms with van der Waals surface area (Å²) in [5.41, 5.74) is 2.65. The Bertz CT molecular complexity index is 702. The Hall–Kier alpha value is -3.09. The van der Waals surface area contributed by atoms with E-state index in [1.165, 1.54) is 37.6 Å². The Morgan fingerprint density at radius 1 is 1.30 bits per heavy atom. The van der Waals surface area contributed by atoms with E-state index in [-0.39, 0.29) is 18.2 Å². The molecule has 0 atom stereocenters. The van der Waals surface area contributed by atoms with Gasteiger partial charge in [0.25, 0.3) is 5.91 Å². The van der Waals surface area contributed by atoms with Crippen molar-refractivity contribution in [3.63, 3.8) is 0 Å². The Kier molecular flexibility index (Phi) is 5.51. The van der Waals surface area contributed by atoms with Crippen molar-refractivity contribution in [2.75, 3.05) is 13.7 Å². The average molecular weight is 318 g/mol. The number of halogens is 1. The largest absolute Gasteiger partial charge is 0.504 e. The van der Waals surface area contributed by atoms with Crippen molar-refractivity contribution in [3.8, 4) is 17.2 Å². The van der Waals surface area contributed by atoms with E-state index in [1.54, 1.807) is 18.2 Å². The number of methoxy groups -OCH3 is 1. The van der Waals surface area contributed by atoms with Crippen LogP contribution in [0.3, 0.4) is 0 Å². The summed E-state index contributed by atoms with van der Waals surface area (Å²) in [5.74, 6) is -0.274. The predicted molar refractivity (Wildman–Crippen MR) is 82.3 cm³/mol. The Morgan fingerprint density at radius 2 is 2.04 bits per heavy atom. The molecule has 6 nitrogen and oxygen atoms in total. The molecule has 120 valence electrons. The van der Waals surface area contributed by atoms with Crippen LogP contribution >= 0.6 is 0 Å². The van der Waals surface area contributed by atoms with Gasteiger partial charge in [0, 0.05) is 5.56 Å². The average Bonchev–Trinajstić information content (AvgIpc) is 2.56. The summed E-state index contributed by atoms with van der Waals surface area (Å²) in [6, 6.07) is 10.2. The first-order valence-corrected chi connectivity index (χ1v) is 6.66. The Labute approximate surface area is 132 Å². The molecule has 7 heteroatoms. The number of ether oxygens (including phenoxy) is 2. The third-order valence-corrected chi connectivity index (χ3v) is 2.83. The monoisotopic (exact) mass is 318 g/mol. The van der Waals surface area contributed by atoms with Gasteiger partial charge in [0.05, 0.1) is 13.3 Å². The molecule has 0 aromatic heterocycles. The highest BCUT2D eigenvalue weighted by atomic mass is 19.1.